The van der Waals surface area contributed by atoms with Crippen LogP contribution in [0.4, 0.5) is 0 Å². The van der Waals surface area contributed by atoms with Gasteiger partial charge in [0.15, 0.2) is 0 Å². The number of hydrogen-bond donors (Lipinski definition) is 1. The first-order valence-electron chi connectivity index (χ1n) is 7.38. The smallest absolute Gasteiger partial charge is 0.311 e. The van der Waals surface area contributed by atoms with E-state index in [1.807, 2.05) is 6.92 Å². The second-order valence-corrected chi connectivity index (χ2v) is 5.23. The molecule has 108 valence electrons. The fourth-order valence-electron chi connectivity index (χ4n) is 2.36. The predicted octanol–water partition coefficient (Wildman–Crippen LogP) is 3.69. The van der Waals surface area contributed by atoms with E-state index in [2.05, 4.69) is 6.92 Å². The number of rotatable bonds is 10. The second kappa shape index (κ2) is 9.37. The van der Waals surface area contributed by atoms with E-state index in [0.717, 1.165) is 12.8 Å². The summed E-state index contributed by atoms with van der Waals surface area (Å²) < 4.78 is 5.03. The highest BCUT2D eigenvalue weighted by Crippen LogP contribution is 2.28. The van der Waals surface area contributed by atoms with E-state index in [1.165, 1.54) is 19.3 Å². The standard InChI is InChI=1S/C15H30O3/c1-5-8-9-10-11-12-15(4,17)13(6-2)14(16)18-7-3/h13,17H,5-12H2,1-4H3. The molecular formula is C15H30O3. The monoisotopic (exact) mass is 258 g/mol. The van der Waals surface area contributed by atoms with Gasteiger partial charge in [-0.05, 0) is 26.7 Å². The van der Waals surface area contributed by atoms with E-state index in [0.29, 0.717) is 19.4 Å². The van der Waals surface area contributed by atoms with E-state index < -0.39 is 11.5 Å². The minimum atomic E-state index is -0.937. The molecule has 2 unspecified atom stereocenters. The zero-order chi connectivity index (χ0) is 14.0. The van der Waals surface area contributed by atoms with Crippen molar-refractivity contribution < 1.29 is 14.6 Å². The molecule has 0 bridgehead atoms. The normalized spacial score (nSPS) is 16.1. The van der Waals surface area contributed by atoms with Crippen molar-refractivity contribution in [3.63, 3.8) is 0 Å². The maximum atomic E-state index is 11.8. The van der Waals surface area contributed by atoms with E-state index in [1.54, 1.807) is 13.8 Å². The summed E-state index contributed by atoms with van der Waals surface area (Å²) in [6, 6.07) is 0. The van der Waals surface area contributed by atoms with Crippen LogP contribution in [0.15, 0.2) is 0 Å². The van der Waals surface area contributed by atoms with Crippen molar-refractivity contribution in [3.05, 3.63) is 0 Å². The molecule has 0 rings (SSSR count). The molecule has 0 radical (unpaired) electrons. The Morgan fingerprint density at radius 3 is 2.28 bits per heavy atom. The molecule has 0 aliphatic rings. The van der Waals surface area contributed by atoms with Gasteiger partial charge in [-0.25, -0.2) is 0 Å². The van der Waals surface area contributed by atoms with Gasteiger partial charge in [-0.1, -0.05) is 46.0 Å². The van der Waals surface area contributed by atoms with Gasteiger partial charge in [-0.15, -0.1) is 0 Å². The molecule has 3 heteroatoms. The number of esters is 1. The fourth-order valence-corrected chi connectivity index (χ4v) is 2.36. The van der Waals surface area contributed by atoms with Crippen LogP contribution >= 0.6 is 0 Å². The van der Waals surface area contributed by atoms with Crippen LogP contribution in [0, 0.1) is 5.92 Å². The summed E-state index contributed by atoms with van der Waals surface area (Å²) in [6.07, 6.45) is 7.08. The molecule has 0 fully saturated rings. The number of carbonyl (C=O) groups excluding carboxylic acids is 1. The largest absolute Gasteiger partial charge is 0.466 e. The van der Waals surface area contributed by atoms with Crippen LogP contribution in [0.3, 0.4) is 0 Å². The molecule has 0 amide bonds. The highest BCUT2D eigenvalue weighted by atomic mass is 16.5. The number of hydrogen-bond acceptors (Lipinski definition) is 3. The average molecular weight is 258 g/mol. The average Bonchev–Trinajstić information content (AvgIpc) is 2.29. The Labute approximate surface area is 112 Å². The van der Waals surface area contributed by atoms with Gasteiger partial charge in [0.2, 0.25) is 0 Å². The van der Waals surface area contributed by atoms with Gasteiger partial charge in [0.05, 0.1) is 18.1 Å². The molecule has 0 saturated carbocycles. The number of unbranched alkanes of at least 4 members (excludes halogenated alkanes) is 4. The van der Waals surface area contributed by atoms with Crippen LogP contribution in [0.2, 0.25) is 0 Å². The molecule has 0 aromatic heterocycles. The van der Waals surface area contributed by atoms with Gasteiger partial charge in [-0.3, -0.25) is 4.79 Å². The second-order valence-electron chi connectivity index (χ2n) is 5.23. The zero-order valence-electron chi connectivity index (χ0n) is 12.5. The van der Waals surface area contributed by atoms with Crippen LogP contribution < -0.4 is 0 Å². The van der Waals surface area contributed by atoms with Crippen LogP contribution in [0.1, 0.15) is 72.6 Å². The predicted molar refractivity (Wildman–Crippen MR) is 74.4 cm³/mol. The number of aliphatic hydroxyl groups is 1. The Morgan fingerprint density at radius 2 is 1.78 bits per heavy atom. The molecule has 0 saturated heterocycles. The SMILES string of the molecule is CCCCCCCC(C)(O)C(CC)C(=O)OCC. The third-order valence-electron chi connectivity index (χ3n) is 3.52. The first-order valence-corrected chi connectivity index (χ1v) is 7.38. The molecular weight excluding hydrogens is 228 g/mol. The van der Waals surface area contributed by atoms with E-state index in [-0.39, 0.29) is 5.97 Å². The highest BCUT2D eigenvalue weighted by molar-refractivity contribution is 5.73. The Morgan fingerprint density at radius 1 is 1.17 bits per heavy atom. The molecule has 0 spiro atoms. The molecule has 2 atom stereocenters. The van der Waals surface area contributed by atoms with E-state index in [9.17, 15) is 9.90 Å². The van der Waals surface area contributed by atoms with Crippen molar-refractivity contribution in [2.24, 2.45) is 5.92 Å². The Hall–Kier alpha value is -0.570. The van der Waals surface area contributed by atoms with Gasteiger partial charge in [0, 0.05) is 0 Å². The first kappa shape index (κ1) is 17.4. The summed E-state index contributed by atoms with van der Waals surface area (Å²) in [4.78, 5) is 11.8. The van der Waals surface area contributed by atoms with Gasteiger partial charge in [0.1, 0.15) is 0 Å². The Bertz CT molecular complexity index is 224. The lowest BCUT2D eigenvalue weighted by atomic mass is 9.83. The van der Waals surface area contributed by atoms with E-state index >= 15 is 0 Å². The van der Waals surface area contributed by atoms with Crippen molar-refractivity contribution in [3.8, 4) is 0 Å². The van der Waals surface area contributed by atoms with Crippen LogP contribution in [0.25, 0.3) is 0 Å². The van der Waals surface area contributed by atoms with Crippen LogP contribution in [-0.4, -0.2) is 23.3 Å². The third-order valence-corrected chi connectivity index (χ3v) is 3.52. The van der Waals surface area contributed by atoms with Gasteiger partial charge in [0.25, 0.3) is 0 Å². The third kappa shape index (κ3) is 6.39. The fraction of sp³-hybridized carbons (Fsp3) is 0.933. The summed E-state index contributed by atoms with van der Waals surface area (Å²) >= 11 is 0. The van der Waals surface area contributed by atoms with Crippen molar-refractivity contribution in [2.45, 2.75) is 78.2 Å². The zero-order valence-corrected chi connectivity index (χ0v) is 12.5. The summed E-state index contributed by atoms with van der Waals surface area (Å²) in [6.45, 7) is 8.04. The molecule has 0 aromatic carbocycles. The highest BCUT2D eigenvalue weighted by Gasteiger charge is 2.36. The van der Waals surface area contributed by atoms with Gasteiger partial charge in [-0.2, -0.15) is 0 Å². The van der Waals surface area contributed by atoms with Crippen molar-refractivity contribution in [1.29, 1.82) is 0 Å². The molecule has 0 aliphatic heterocycles. The molecule has 18 heavy (non-hydrogen) atoms. The molecule has 0 aliphatic carbocycles. The van der Waals surface area contributed by atoms with Crippen molar-refractivity contribution in [1.82, 2.24) is 0 Å². The lowest BCUT2D eigenvalue weighted by Gasteiger charge is -2.30. The molecule has 0 heterocycles. The summed E-state index contributed by atoms with van der Waals surface area (Å²) in [5.41, 5.74) is -0.937. The summed E-state index contributed by atoms with van der Waals surface area (Å²) in [5, 5.41) is 10.4. The van der Waals surface area contributed by atoms with Crippen molar-refractivity contribution in [2.75, 3.05) is 6.61 Å². The van der Waals surface area contributed by atoms with Crippen LogP contribution in [0.5, 0.6) is 0 Å². The van der Waals surface area contributed by atoms with Gasteiger partial charge < -0.3 is 9.84 Å². The minimum absolute atomic E-state index is 0.265. The first-order chi connectivity index (χ1) is 8.49. The molecule has 1 N–H and O–H groups in total. The Kier molecular flexibility index (Phi) is 9.08. The maximum absolute atomic E-state index is 11.8. The maximum Gasteiger partial charge on any atom is 0.311 e. The number of ether oxygens (including phenoxy) is 1. The Balaban J connectivity index is 4.17. The minimum Gasteiger partial charge on any atom is -0.466 e. The summed E-state index contributed by atoms with van der Waals surface area (Å²) in [7, 11) is 0. The summed E-state index contributed by atoms with van der Waals surface area (Å²) in [5.74, 6) is -0.665. The lowest BCUT2D eigenvalue weighted by molar-refractivity contribution is -0.158. The molecule has 3 nitrogen and oxygen atoms in total. The van der Waals surface area contributed by atoms with Gasteiger partial charge >= 0.3 is 5.97 Å². The topological polar surface area (TPSA) is 46.5 Å². The lowest BCUT2D eigenvalue weighted by Crippen LogP contribution is -2.40. The van der Waals surface area contributed by atoms with Crippen molar-refractivity contribution >= 4 is 5.97 Å². The quantitative estimate of drug-likeness (QED) is 0.480. The van der Waals surface area contributed by atoms with Crippen LogP contribution in [-0.2, 0) is 9.53 Å². The van der Waals surface area contributed by atoms with E-state index in [4.69, 9.17) is 4.74 Å². The number of carbonyl (C=O) groups is 1. The molecule has 0 aromatic rings.